The molecule has 0 aliphatic carbocycles. The van der Waals surface area contributed by atoms with Crippen molar-refractivity contribution in [3.63, 3.8) is 0 Å². The Kier molecular flexibility index (Phi) is 5.20. The largest absolute Gasteiger partial charge is 0.388 e. The number of pyridine rings is 1. The average molecular weight is 531 g/mol. The van der Waals surface area contributed by atoms with E-state index in [0.717, 1.165) is 12.3 Å². The number of nitrogens with zero attached hydrogens (tertiary/aromatic N) is 7. The number of imidazole rings is 1. The van der Waals surface area contributed by atoms with Gasteiger partial charge in [-0.05, 0) is 44.2 Å². The standard InChI is InChI=1S/C27H32F2N8O/c1-4-35-7-9-36(10-8-35)15-18-5-6-23(30-13-18)32-27-31-14-21(29)25(34-27)19-11-20(28)26-22(12-19)37(17(2)3)24(16-38)33-26/h5-6,11-14,17,38H,4,7-10,15-16H2,1-3H3,(H,30,31,32,34)/i7D2,8D2,9D2,10D2. The monoisotopic (exact) mass is 530 g/mol. The minimum atomic E-state index is -2.93. The third-order valence-corrected chi connectivity index (χ3v) is 5.86. The van der Waals surface area contributed by atoms with Gasteiger partial charge in [-0.2, -0.15) is 0 Å². The van der Waals surface area contributed by atoms with Gasteiger partial charge in [-0.15, -0.1) is 0 Å². The van der Waals surface area contributed by atoms with Crippen LogP contribution in [0.2, 0.25) is 0 Å². The van der Waals surface area contributed by atoms with E-state index >= 15 is 4.39 Å². The first kappa shape index (κ1) is 17.9. The molecule has 0 unspecified atom stereocenters. The van der Waals surface area contributed by atoms with Gasteiger partial charge in [0, 0.05) is 61.3 Å². The summed E-state index contributed by atoms with van der Waals surface area (Å²) in [4.78, 5) is 17.6. The lowest BCUT2D eigenvalue weighted by molar-refractivity contribution is 0.132. The fourth-order valence-electron chi connectivity index (χ4n) is 4.08. The van der Waals surface area contributed by atoms with Crippen molar-refractivity contribution in [2.24, 2.45) is 0 Å². The Morgan fingerprint density at radius 2 is 1.79 bits per heavy atom. The van der Waals surface area contributed by atoms with E-state index in [1.165, 1.54) is 31.3 Å². The van der Waals surface area contributed by atoms with Crippen LogP contribution in [0.5, 0.6) is 0 Å². The maximum absolute atomic E-state index is 15.1. The summed E-state index contributed by atoms with van der Waals surface area (Å²) >= 11 is 0. The number of piperazine rings is 1. The van der Waals surface area contributed by atoms with Gasteiger partial charge in [0.05, 0.1) is 11.7 Å². The first-order valence-electron chi connectivity index (χ1n) is 16.0. The van der Waals surface area contributed by atoms with E-state index in [1.54, 1.807) is 4.57 Å². The number of aliphatic hydroxyl groups excluding tert-OH is 1. The lowest BCUT2D eigenvalue weighted by Gasteiger charge is -2.33. The van der Waals surface area contributed by atoms with Crippen LogP contribution in [-0.4, -0.2) is 71.9 Å². The van der Waals surface area contributed by atoms with Crippen LogP contribution in [0.4, 0.5) is 20.5 Å². The molecule has 0 spiro atoms. The van der Waals surface area contributed by atoms with Crippen molar-refractivity contribution < 1.29 is 24.9 Å². The zero-order valence-corrected chi connectivity index (χ0v) is 21.0. The van der Waals surface area contributed by atoms with Crippen LogP contribution in [0.25, 0.3) is 22.3 Å². The molecule has 0 amide bonds. The number of anilines is 2. The Morgan fingerprint density at radius 3 is 2.45 bits per heavy atom. The maximum atomic E-state index is 15.1. The fraction of sp³-hybridized carbons (Fsp3) is 0.407. The second kappa shape index (κ2) is 11.1. The smallest absolute Gasteiger partial charge is 0.229 e. The van der Waals surface area contributed by atoms with Gasteiger partial charge in [0.2, 0.25) is 5.95 Å². The molecule has 2 N–H and O–H groups in total. The van der Waals surface area contributed by atoms with Crippen LogP contribution >= 0.6 is 0 Å². The first-order valence-corrected chi connectivity index (χ1v) is 12.0. The number of benzene rings is 1. The molecular formula is C27H32F2N8O. The zero-order chi connectivity index (χ0) is 34.0. The molecule has 5 rings (SSSR count). The lowest BCUT2D eigenvalue weighted by atomic mass is 10.1. The fourth-order valence-corrected chi connectivity index (χ4v) is 4.08. The van der Waals surface area contributed by atoms with Crippen LogP contribution in [0.1, 0.15) is 49.2 Å². The number of fused-ring (bicyclic) bond motifs is 1. The minimum absolute atomic E-state index is 0.0271. The third kappa shape index (κ3) is 5.35. The van der Waals surface area contributed by atoms with E-state index in [-0.39, 0.29) is 52.5 Å². The molecular weight excluding hydrogens is 490 g/mol. The molecule has 0 bridgehead atoms. The maximum Gasteiger partial charge on any atom is 0.229 e. The summed E-state index contributed by atoms with van der Waals surface area (Å²) in [6.07, 6.45) is 2.17. The molecule has 0 radical (unpaired) electrons. The quantitative estimate of drug-likeness (QED) is 0.351. The molecule has 3 aromatic heterocycles. The lowest BCUT2D eigenvalue weighted by Crippen LogP contribution is -2.45. The van der Waals surface area contributed by atoms with Gasteiger partial charge in [-0.25, -0.2) is 28.7 Å². The van der Waals surface area contributed by atoms with Crippen LogP contribution < -0.4 is 5.32 Å². The van der Waals surface area contributed by atoms with Crippen LogP contribution in [0, 0.1) is 11.6 Å². The molecule has 38 heavy (non-hydrogen) atoms. The van der Waals surface area contributed by atoms with Gasteiger partial charge in [-0.3, -0.25) is 4.90 Å². The van der Waals surface area contributed by atoms with Crippen molar-refractivity contribution in [2.45, 2.75) is 40.0 Å². The van der Waals surface area contributed by atoms with Crippen LogP contribution in [-0.2, 0) is 13.2 Å². The highest BCUT2D eigenvalue weighted by Gasteiger charge is 2.20. The van der Waals surface area contributed by atoms with E-state index < -0.39 is 50.8 Å². The SMILES string of the molecule is [2H]C1([2H])N(CC)C([2H])([2H])C([2H])([2H])N(Cc2ccc(Nc3ncc(F)c(-c4cc(F)c5nc(CO)n(C(C)C)c5c4)n3)nc2)C1([2H])[2H]. The number of nitrogens with one attached hydrogen (secondary N) is 1. The van der Waals surface area contributed by atoms with Crippen molar-refractivity contribution in [1.82, 2.24) is 34.3 Å². The van der Waals surface area contributed by atoms with Gasteiger partial charge in [0.15, 0.2) is 11.6 Å². The van der Waals surface area contributed by atoms with Gasteiger partial charge in [-0.1, -0.05) is 13.0 Å². The van der Waals surface area contributed by atoms with Gasteiger partial charge >= 0.3 is 0 Å². The van der Waals surface area contributed by atoms with Gasteiger partial charge in [0.25, 0.3) is 0 Å². The van der Waals surface area contributed by atoms with E-state index in [1.807, 2.05) is 13.8 Å². The predicted octanol–water partition coefficient (Wildman–Crippen LogP) is 4.12. The number of likely N-dealkylation sites (N-methyl/N-ethyl adjacent to an activating group) is 1. The molecule has 0 saturated carbocycles. The number of hydrogen-bond donors (Lipinski definition) is 2. The van der Waals surface area contributed by atoms with Crippen LogP contribution in [0.15, 0.2) is 36.7 Å². The molecule has 200 valence electrons. The summed E-state index contributed by atoms with van der Waals surface area (Å²) in [5.74, 6) is -1.21. The summed E-state index contributed by atoms with van der Waals surface area (Å²) in [6.45, 7) is -7.68. The predicted molar refractivity (Wildman–Crippen MR) is 142 cm³/mol. The summed E-state index contributed by atoms with van der Waals surface area (Å²) in [7, 11) is 0. The third-order valence-electron chi connectivity index (χ3n) is 5.86. The zero-order valence-electron chi connectivity index (χ0n) is 29.0. The highest BCUT2D eigenvalue weighted by molar-refractivity contribution is 5.83. The highest BCUT2D eigenvalue weighted by Crippen LogP contribution is 2.30. The molecule has 1 aliphatic heterocycles. The number of halogens is 2. The number of rotatable bonds is 8. The average Bonchev–Trinajstić information content (AvgIpc) is 3.36. The minimum Gasteiger partial charge on any atom is -0.388 e. The molecule has 1 saturated heterocycles. The van der Waals surface area contributed by atoms with Crippen LogP contribution in [0.3, 0.4) is 0 Å². The highest BCUT2D eigenvalue weighted by atomic mass is 19.1. The summed E-state index contributed by atoms with van der Waals surface area (Å²) in [6, 6.07) is 5.32. The van der Waals surface area contributed by atoms with E-state index in [2.05, 4.69) is 25.3 Å². The topological polar surface area (TPSA) is 95.2 Å². The summed E-state index contributed by atoms with van der Waals surface area (Å²) in [5.41, 5.74) is 0.526. The second-order valence-electron chi connectivity index (χ2n) is 8.82. The number of hydrogen-bond acceptors (Lipinski definition) is 8. The Balaban J connectivity index is 1.42. The van der Waals surface area contributed by atoms with Crippen molar-refractivity contribution in [3.05, 3.63) is 59.7 Å². The number of aromatic nitrogens is 5. The molecule has 0 atom stereocenters. The van der Waals surface area contributed by atoms with E-state index in [4.69, 9.17) is 11.0 Å². The Morgan fingerprint density at radius 1 is 1.03 bits per heavy atom. The Labute approximate surface area is 231 Å². The van der Waals surface area contributed by atoms with Crippen molar-refractivity contribution >= 4 is 22.8 Å². The molecule has 4 heterocycles. The number of aliphatic hydroxyl groups is 1. The normalized spacial score (nSPS) is 23.4. The van der Waals surface area contributed by atoms with Crippen molar-refractivity contribution in [2.75, 3.05) is 37.8 Å². The van der Waals surface area contributed by atoms with E-state index in [9.17, 15) is 9.50 Å². The summed E-state index contributed by atoms with van der Waals surface area (Å²) < 4.78 is 98.8. The van der Waals surface area contributed by atoms with Crippen molar-refractivity contribution in [1.29, 1.82) is 0 Å². The summed E-state index contributed by atoms with van der Waals surface area (Å²) in [5, 5.41) is 12.5. The molecule has 11 heteroatoms. The Bertz CT molecular complexity index is 1740. The Hall–Kier alpha value is -3.54. The molecule has 1 aliphatic rings. The van der Waals surface area contributed by atoms with E-state index in [0.29, 0.717) is 15.3 Å². The van der Waals surface area contributed by atoms with Crippen molar-refractivity contribution in [3.8, 4) is 11.3 Å². The van der Waals surface area contributed by atoms with Gasteiger partial charge in [0.1, 0.15) is 29.5 Å². The molecule has 1 fully saturated rings. The van der Waals surface area contributed by atoms with Gasteiger partial charge < -0.3 is 19.9 Å². The molecule has 1 aromatic carbocycles. The molecule has 4 aromatic rings. The first-order chi connectivity index (χ1) is 21.4. The molecule has 9 nitrogen and oxygen atoms in total. The second-order valence-corrected chi connectivity index (χ2v) is 8.82.